The maximum Gasteiger partial charge on any atom is 0.421 e. The van der Waals surface area contributed by atoms with Crippen LogP contribution in [0.25, 0.3) is 33.9 Å². The molecule has 0 spiro atoms. The topological polar surface area (TPSA) is 135 Å². The molecule has 1 saturated carbocycles. The van der Waals surface area contributed by atoms with E-state index in [1.54, 1.807) is 37.6 Å². The summed E-state index contributed by atoms with van der Waals surface area (Å²) in [6, 6.07) is 2.80. The number of hydrogen-bond donors (Lipinski definition) is 1. The van der Waals surface area contributed by atoms with Crippen LogP contribution in [-0.4, -0.2) is 101 Å². The number of methoxy groups -OCH3 is 1. The van der Waals surface area contributed by atoms with E-state index in [0.29, 0.717) is 61.3 Å². The molecule has 13 nitrogen and oxygen atoms in total. The zero-order valence-corrected chi connectivity index (χ0v) is 28.9. The van der Waals surface area contributed by atoms with Crippen molar-refractivity contribution in [1.82, 2.24) is 35.0 Å². The van der Waals surface area contributed by atoms with Gasteiger partial charge in [-0.2, -0.15) is 13.2 Å². The van der Waals surface area contributed by atoms with E-state index in [1.807, 2.05) is 14.0 Å². The van der Waals surface area contributed by atoms with Gasteiger partial charge in [0.1, 0.15) is 22.6 Å². The number of nitrogens with one attached hydrogen (secondary N) is 1. The number of pyridine rings is 2. The predicted octanol–water partition coefficient (Wildman–Crippen LogP) is 5.53. The molecule has 0 amide bonds. The van der Waals surface area contributed by atoms with Crippen molar-refractivity contribution in [3.8, 4) is 28.7 Å². The molecule has 268 valence electrons. The number of anilines is 2. The second-order valence-electron chi connectivity index (χ2n) is 13.1. The maximum absolute atomic E-state index is 14.1. The molecule has 0 aromatic carbocycles. The SMILES string of the molecule is CCOc1ncc(-c2cc(N(C)CC3(COC)CCCC3)c3[nH]c(-c4cnc(N5CCN(OC(C)=O)C[C@H]5C)cn4)nc3n2)cc1C(F)(F)F. The summed E-state index contributed by atoms with van der Waals surface area (Å²) < 4.78 is 53.1. The van der Waals surface area contributed by atoms with E-state index in [4.69, 9.17) is 24.3 Å². The number of hydroxylamine groups is 2. The largest absolute Gasteiger partial charge is 0.478 e. The van der Waals surface area contributed by atoms with Gasteiger partial charge >= 0.3 is 12.1 Å². The van der Waals surface area contributed by atoms with E-state index in [9.17, 15) is 18.0 Å². The van der Waals surface area contributed by atoms with Crippen LogP contribution in [0.4, 0.5) is 24.7 Å². The number of alkyl halides is 3. The van der Waals surface area contributed by atoms with Crippen LogP contribution in [0.15, 0.2) is 30.7 Å². The van der Waals surface area contributed by atoms with Gasteiger partial charge in [0.05, 0.1) is 50.1 Å². The van der Waals surface area contributed by atoms with Crippen LogP contribution in [0.1, 0.15) is 52.0 Å². The molecule has 6 rings (SSSR count). The molecule has 4 aromatic rings. The molecule has 0 unspecified atom stereocenters. The van der Waals surface area contributed by atoms with Crippen molar-refractivity contribution in [3.05, 3.63) is 36.3 Å². The van der Waals surface area contributed by atoms with E-state index in [-0.39, 0.29) is 35.3 Å². The van der Waals surface area contributed by atoms with Crippen molar-refractivity contribution in [2.45, 2.75) is 58.7 Å². The summed E-state index contributed by atoms with van der Waals surface area (Å²) in [5.41, 5.74) is 1.56. The molecular weight excluding hydrogens is 655 g/mol. The molecule has 0 radical (unpaired) electrons. The van der Waals surface area contributed by atoms with Gasteiger partial charge < -0.3 is 29.1 Å². The Morgan fingerprint density at radius 1 is 1.08 bits per heavy atom. The van der Waals surface area contributed by atoms with Gasteiger partial charge in [0.15, 0.2) is 11.5 Å². The molecule has 1 saturated heterocycles. The zero-order valence-electron chi connectivity index (χ0n) is 28.9. The third-order valence-electron chi connectivity index (χ3n) is 9.30. The number of H-pyrrole nitrogens is 1. The summed E-state index contributed by atoms with van der Waals surface area (Å²) in [4.78, 5) is 47.0. The second-order valence-corrected chi connectivity index (χ2v) is 13.1. The summed E-state index contributed by atoms with van der Waals surface area (Å²) in [6.45, 7) is 7.97. The average Bonchev–Trinajstić information content (AvgIpc) is 3.71. The van der Waals surface area contributed by atoms with Gasteiger partial charge in [-0.1, -0.05) is 12.8 Å². The van der Waals surface area contributed by atoms with Crippen molar-refractivity contribution in [3.63, 3.8) is 0 Å². The summed E-state index contributed by atoms with van der Waals surface area (Å²) in [6.07, 6.45) is 4.20. The number of ether oxygens (including phenoxy) is 2. The van der Waals surface area contributed by atoms with E-state index >= 15 is 0 Å². The first-order valence-corrected chi connectivity index (χ1v) is 16.7. The average molecular weight is 698 g/mol. The minimum Gasteiger partial charge on any atom is -0.478 e. The second kappa shape index (κ2) is 14.3. The molecule has 16 heteroatoms. The Hall–Kier alpha value is -4.57. The van der Waals surface area contributed by atoms with Gasteiger partial charge in [-0.25, -0.2) is 24.9 Å². The van der Waals surface area contributed by atoms with Crippen molar-refractivity contribution in [2.75, 3.05) is 63.4 Å². The maximum atomic E-state index is 14.1. The van der Waals surface area contributed by atoms with Gasteiger partial charge in [0.2, 0.25) is 5.88 Å². The monoisotopic (exact) mass is 697 g/mol. The molecule has 1 atom stereocenters. The molecule has 5 heterocycles. The highest BCUT2D eigenvalue weighted by Crippen LogP contribution is 2.42. The van der Waals surface area contributed by atoms with Crippen LogP contribution in [0.2, 0.25) is 0 Å². The fourth-order valence-corrected chi connectivity index (χ4v) is 7.08. The normalized spacial score (nSPS) is 18.1. The number of piperazine rings is 1. The lowest BCUT2D eigenvalue weighted by Crippen LogP contribution is -2.52. The van der Waals surface area contributed by atoms with Crippen molar-refractivity contribution in [1.29, 1.82) is 0 Å². The number of hydrogen-bond acceptors (Lipinski definition) is 12. The van der Waals surface area contributed by atoms with E-state index in [1.165, 1.54) is 13.1 Å². The van der Waals surface area contributed by atoms with E-state index in [0.717, 1.165) is 37.4 Å². The highest BCUT2D eigenvalue weighted by atomic mass is 19.4. The first-order valence-electron chi connectivity index (χ1n) is 16.7. The fourth-order valence-electron chi connectivity index (χ4n) is 7.08. The highest BCUT2D eigenvalue weighted by molar-refractivity contribution is 5.91. The Bertz CT molecular complexity index is 1810. The Kier molecular flexibility index (Phi) is 10.1. The lowest BCUT2D eigenvalue weighted by atomic mass is 9.86. The predicted molar refractivity (Wildman–Crippen MR) is 181 cm³/mol. The molecule has 1 N–H and O–H groups in total. The van der Waals surface area contributed by atoms with Gasteiger partial charge in [0.25, 0.3) is 0 Å². The van der Waals surface area contributed by atoms with Crippen LogP contribution in [0, 0.1) is 5.41 Å². The molecule has 4 aromatic heterocycles. The Balaban J connectivity index is 1.37. The van der Waals surface area contributed by atoms with Crippen molar-refractivity contribution < 1.29 is 32.3 Å². The van der Waals surface area contributed by atoms with Crippen LogP contribution in [0.5, 0.6) is 5.88 Å². The molecular formula is C34H42F3N9O4. The third kappa shape index (κ3) is 7.45. The van der Waals surface area contributed by atoms with E-state index in [2.05, 4.69) is 29.7 Å². The number of nitrogens with zero attached hydrogens (tertiary/aromatic N) is 8. The summed E-state index contributed by atoms with van der Waals surface area (Å²) in [5.74, 6) is 0.255. The van der Waals surface area contributed by atoms with Crippen LogP contribution in [0.3, 0.4) is 0 Å². The Morgan fingerprint density at radius 2 is 1.86 bits per heavy atom. The van der Waals surface area contributed by atoms with Crippen LogP contribution < -0.4 is 14.5 Å². The molecule has 1 aliphatic carbocycles. The van der Waals surface area contributed by atoms with Gasteiger partial charge in [0, 0.05) is 57.4 Å². The number of carbonyl (C=O) groups excluding carboxylic acids is 1. The summed E-state index contributed by atoms with van der Waals surface area (Å²) in [7, 11) is 3.67. The summed E-state index contributed by atoms with van der Waals surface area (Å²) >= 11 is 0. The minimum atomic E-state index is -4.68. The lowest BCUT2D eigenvalue weighted by molar-refractivity contribution is -0.190. The molecule has 1 aliphatic heterocycles. The van der Waals surface area contributed by atoms with E-state index < -0.39 is 17.6 Å². The molecule has 2 fully saturated rings. The fraction of sp³-hybridized carbons (Fsp3) is 0.529. The first-order chi connectivity index (χ1) is 23.9. The highest BCUT2D eigenvalue weighted by Gasteiger charge is 2.37. The summed E-state index contributed by atoms with van der Waals surface area (Å²) in [5, 5.41) is 1.65. The Labute approximate surface area is 288 Å². The number of halogens is 3. The quantitative estimate of drug-likeness (QED) is 0.211. The molecule has 2 aliphatic rings. The standard InChI is InChI=1S/C34H42F3N9O4/c1-6-49-32-24(34(35,36)37)13-23(15-40-32)25-14-27(44(4)19-33(20-48-5)9-7-8-10-33)29-31(41-25)43-30(42-29)26-16-39-28(17-38-26)46-12-11-45(18-21(46)2)50-22(3)47/h13-17,21H,6-12,18-20H2,1-5H3,(H,41,42,43)/t21-/m1/s1. The smallest absolute Gasteiger partial charge is 0.421 e. The number of rotatable bonds is 11. The first kappa shape index (κ1) is 35.3. The number of aromatic amines is 1. The van der Waals surface area contributed by atoms with Crippen LogP contribution in [-0.2, 0) is 20.5 Å². The lowest BCUT2D eigenvalue weighted by Gasteiger charge is -2.38. The van der Waals surface area contributed by atoms with Gasteiger partial charge in [-0.3, -0.25) is 4.79 Å². The number of fused-ring (bicyclic) bond motifs is 1. The zero-order chi connectivity index (χ0) is 35.6. The van der Waals surface area contributed by atoms with Crippen molar-refractivity contribution >= 4 is 28.6 Å². The number of carbonyl (C=O) groups is 1. The minimum absolute atomic E-state index is 0.0198. The molecule has 50 heavy (non-hydrogen) atoms. The van der Waals surface area contributed by atoms with Gasteiger partial charge in [-0.05, 0) is 38.8 Å². The third-order valence-corrected chi connectivity index (χ3v) is 9.30. The van der Waals surface area contributed by atoms with Gasteiger partial charge in [-0.15, -0.1) is 5.06 Å². The van der Waals surface area contributed by atoms with Crippen molar-refractivity contribution in [2.24, 2.45) is 5.41 Å². The molecule has 0 bridgehead atoms. The number of imidazole rings is 1. The number of aromatic nitrogens is 6. The van der Waals surface area contributed by atoms with Crippen LogP contribution >= 0.6 is 0 Å². The Morgan fingerprint density at radius 3 is 2.50 bits per heavy atom.